The van der Waals surface area contributed by atoms with Crippen LogP contribution in [0.15, 0.2) is 24.3 Å². The highest BCUT2D eigenvalue weighted by molar-refractivity contribution is 5.78. The molecule has 0 unspecified atom stereocenters. The Morgan fingerprint density at radius 3 is 3.14 bits per heavy atom. The van der Waals surface area contributed by atoms with Gasteiger partial charge in [-0.15, -0.1) is 0 Å². The van der Waals surface area contributed by atoms with Gasteiger partial charge in [0.15, 0.2) is 0 Å². The van der Waals surface area contributed by atoms with Crippen LogP contribution < -0.4 is 0 Å². The van der Waals surface area contributed by atoms with Crippen LogP contribution in [0.1, 0.15) is 24.1 Å². The van der Waals surface area contributed by atoms with Crippen LogP contribution in [0.4, 0.5) is 0 Å². The van der Waals surface area contributed by atoms with Crippen LogP contribution in [0.5, 0.6) is 0 Å². The highest BCUT2D eigenvalue weighted by atomic mass is 14.7. The third-order valence-electron chi connectivity index (χ3n) is 2.92. The lowest BCUT2D eigenvalue weighted by Crippen LogP contribution is -2.05. The van der Waals surface area contributed by atoms with E-state index in [0.717, 1.165) is 17.3 Å². The molecule has 14 heavy (non-hydrogen) atoms. The van der Waals surface area contributed by atoms with Crippen molar-refractivity contribution in [1.29, 1.82) is 0 Å². The van der Waals surface area contributed by atoms with Crippen molar-refractivity contribution in [2.45, 2.75) is 25.7 Å². The number of aromatic nitrogens is 1. The van der Waals surface area contributed by atoms with Gasteiger partial charge < -0.3 is 0 Å². The molecule has 1 nitrogen and oxygen atoms in total. The molecule has 1 aromatic carbocycles. The zero-order valence-corrected chi connectivity index (χ0v) is 8.09. The summed E-state index contributed by atoms with van der Waals surface area (Å²) in [6.07, 6.45) is 4.95. The van der Waals surface area contributed by atoms with E-state index in [0.29, 0.717) is 0 Å². The summed E-state index contributed by atoms with van der Waals surface area (Å²) in [5.41, 5.74) is 3.84. The van der Waals surface area contributed by atoms with E-state index in [1.807, 2.05) is 12.1 Å². The molecule has 1 aromatic heterocycles. The highest BCUT2D eigenvalue weighted by Crippen LogP contribution is 2.23. The number of nitrogens with zero attached hydrogens (tertiary/aromatic N) is 1. The first-order chi connectivity index (χ1) is 6.93. The molecule has 3 rings (SSSR count). The molecule has 0 atom stereocenters. The first-order valence-electron chi connectivity index (χ1n) is 5.23. The molecule has 1 aliphatic carbocycles. The molecule has 0 amide bonds. The summed E-state index contributed by atoms with van der Waals surface area (Å²) in [7, 11) is 0. The van der Waals surface area contributed by atoms with Crippen molar-refractivity contribution >= 4 is 10.9 Å². The smallest absolute Gasteiger partial charge is 0.0711 e. The summed E-state index contributed by atoms with van der Waals surface area (Å²) in [4.78, 5) is 4.68. The first-order valence-corrected chi connectivity index (χ1v) is 5.23. The Hall–Kier alpha value is -1.37. The second-order valence-corrected chi connectivity index (χ2v) is 3.90. The number of rotatable bonds is 0. The second kappa shape index (κ2) is 3.09. The van der Waals surface area contributed by atoms with Crippen molar-refractivity contribution in [3.63, 3.8) is 0 Å². The third-order valence-corrected chi connectivity index (χ3v) is 2.92. The normalized spacial score (nSPS) is 15.4. The Balaban J connectivity index is 2.27. The topological polar surface area (TPSA) is 12.9 Å². The number of hydrogen-bond donors (Lipinski definition) is 0. The Morgan fingerprint density at radius 2 is 2.14 bits per heavy atom. The minimum atomic E-state index is 1.09. The number of aryl methyl sites for hydroxylation is 2. The van der Waals surface area contributed by atoms with Crippen molar-refractivity contribution < 1.29 is 0 Å². The van der Waals surface area contributed by atoms with E-state index in [9.17, 15) is 0 Å². The van der Waals surface area contributed by atoms with Crippen molar-refractivity contribution in [2.75, 3.05) is 0 Å². The van der Waals surface area contributed by atoms with Gasteiger partial charge in [0.05, 0.1) is 5.52 Å². The Labute approximate surface area is 83.8 Å². The van der Waals surface area contributed by atoms with E-state index in [2.05, 4.69) is 23.2 Å². The van der Waals surface area contributed by atoms with Crippen LogP contribution in [0.3, 0.4) is 0 Å². The third kappa shape index (κ3) is 1.20. The molecule has 0 bridgehead atoms. The van der Waals surface area contributed by atoms with E-state index in [4.69, 9.17) is 0 Å². The SMILES string of the molecule is [c]1cccc2nc3c(cc12)CCCC3. The van der Waals surface area contributed by atoms with Gasteiger partial charge in [-0.1, -0.05) is 12.1 Å². The van der Waals surface area contributed by atoms with Gasteiger partial charge >= 0.3 is 0 Å². The largest absolute Gasteiger partial charge is 0.253 e. The molecule has 0 spiro atoms. The molecular formula is C13H12N. The average molecular weight is 182 g/mol. The van der Waals surface area contributed by atoms with Crippen molar-refractivity contribution in [1.82, 2.24) is 4.98 Å². The quantitative estimate of drug-likeness (QED) is 0.610. The summed E-state index contributed by atoms with van der Waals surface area (Å²) in [5, 5.41) is 1.16. The predicted molar refractivity (Wildman–Crippen MR) is 57.2 cm³/mol. The zero-order chi connectivity index (χ0) is 9.38. The summed E-state index contributed by atoms with van der Waals surface area (Å²) < 4.78 is 0. The molecule has 1 heterocycles. The molecule has 0 N–H and O–H groups in total. The fourth-order valence-electron chi connectivity index (χ4n) is 2.17. The maximum absolute atomic E-state index is 4.68. The molecule has 1 radical (unpaired) electrons. The van der Waals surface area contributed by atoms with Gasteiger partial charge in [0.25, 0.3) is 0 Å². The monoisotopic (exact) mass is 182 g/mol. The minimum absolute atomic E-state index is 1.09. The highest BCUT2D eigenvalue weighted by Gasteiger charge is 2.10. The Morgan fingerprint density at radius 1 is 1.21 bits per heavy atom. The van der Waals surface area contributed by atoms with E-state index in [1.54, 1.807) is 0 Å². The molecule has 0 fully saturated rings. The molecule has 2 aromatic rings. The minimum Gasteiger partial charge on any atom is -0.253 e. The second-order valence-electron chi connectivity index (χ2n) is 3.90. The molecule has 69 valence electrons. The molecule has 1 aliphatic rings. The lowest BCUT2D eigenvalue weighted by atomic mass is 9.95. The summed E-state index contributed by atoms with van der Waals surface area (Å²) in [5.74, 6) is 0. The van der Waals surface area contributed by atoms with Crippen molar-refractivity contribution in [2.24, 2.45) is 0 Å². The van der Waals surface area contributed by atoms with Gasteiger partial charge in [0.1, 0.15) is 0 Å². The van der Waals surface area contributed by atoms with Gasteiger partial charge in [-0.3, -0.25) is 4.98 Å². The summed E-state index contributed by atoms with van der Waals surface area (Å²) in [6, 6.07) is 11.5. The van der Waals surface area contributed by atoms with E-state index in [-0.39, 0.29) is 0 Å². The maximum atomic E-state index is 4.68. The molecule has 0 saturated heterocycles. The van der Waals surface area contributed by atoms with Crippen LogP contribution in [-0.4, -0.2) is 4.98 Å². The van der Waals surface area contributed by atoms with Crippen molar-refractivity contribution in [3.8, 4) is 0 Å². The molecule has 0 saturated carbocycles. The van der Waals surface area contributed by atoms with Gasteiger partial charge in [-0.2, -0.15) is 0 Å². The van der Waals surface area contributed by atoms with Crippen LogP contribution >= 0.6 is 0 Å². The van der Waals surface area contributed by atoms with E-state index >= 15 is 0 Å². The number of hydrogen-bond acceptors (Lipinski definition) is 1. The first kappa shape index (κ1) is 7.98. The molecule has 1 heteroatoms. The summed E-state index contributed by atoms with van der Waals surface area (Å²) in [6.45, 7) is 0. The lowest BCUT2D eigenvalue weighted by Gasteiger charge is -2.14. The fraction of sp³-hybridized carbons (Fsp3) is 0.308. The number of fused-ring (bicyclic) bond motifs is 2. The van der Waals surface area contributed by atoms with Crippen molar-refractivity contribution in [3.05, 3.63) is 41.6 Å². The van der Waals surface area contributed by atoms with Crippen LogP contribution in [0, 0.1) is 6.07 Å². The molecular weight excluding hydrogens is 170 g/mol. The van der Waals surface area contributed by atoms with Crippen LogP contribution in [0.2, 0.25) is 0 Å². The van der Waals surface area contributed by atoms with E-state index in [1.165, 1.54) is 30.5 Å². The lowest BCUT2D eigenvalue weighted by molar-refractivity contribution is 0.671. The van der Waals surface area contributed by atoms with Gasteiger partial charge in [-0.05, 0) is 49.4 Å². The van der Waals surface area contributed by atoms with Gasteiger partial charge in [0.2, 0.25) is 0 Å². The number of pyridine rings is 1. The zero-order valence-electron chi connectivity index (χ0n) is 8.09. The fourth-order valence-corrected chi connectivity index (χ4v) is 2.17. The van der Waals surface area contributed by atoms with Gasteiger partial charge in [0, 0.05) is 11.1 Å². The Kier molecular flexibility index (Phi) is 1.76. The molecule has 0 aliphatic heterocycles. The number of benzene rings is 1. The van der Waals surface area contributed by atoms with E-state index < -0.39 is 0 Å². The standard InChI is InChI=1S/C13H12N/c1-3-7-12-10(5-1)9-11-6-2-4-8-13(11)14-12/h1,3,7,9H,2,4,6,8H2. The van der Waals surface area contributed by atoms with Crippen LogP contribution in [-0.2, 0) is 12.8 Å². The predicted octanol–water partition coefficient (Wildman–Crippen LogP) is 2.91. The van der Waals surface area contributed by atoms with Gasteiger partial charge in [-0.25, -0.2) is 0 Å². The average Bonchev–Trinajstić information content (AvgIpc) is 2.26. The maximum Gasteiger partial charge on any atom is 0.0711 e. The summed E-state index contributed by atoms with van der Waals surface area (Å²) >= 11 is 0. The Bertz CT molecular complexity index is 429. The van der Waals surface area contributed by atoms with Crippen LogP contribution in [0.25, 0.3) is 10.9 Å².